The number of nitrogens with zero attached hydrogens (tertiary/aromatic N) is 1. The van der Waals surface area contributed by atoms with Gasteiger partial charge in [0.1, 0.15) is 0 Å². The fourth-order valence-electron chi connectivity index (χ4n) is 1.34. The highest BCUT2D eigenvalue weighted by molar-refractivity contribution is 5.70. The highest BCUT2D eigenvalue weighted by Crippen LogP contribution is 2.18. The number of aliphatic hydroxyl groups is 1. The Hall–Kier alpha value is -1.42. The minimum absolute atomic E-state index is 0.0274. The second kappa shape index (κ2) is 5.46. The van der Waals surface area contributed by atoms with E-state index in [9.17, 15) is 9.90 Å². The number of aromatic nitrogens is 1. The SMILES string of the molecule is CCOC(=O)CC(O)c1cccnc1C. The van der Waals surface area contributed by atoms with Crippen molar-refractivity contribution in [2.45, 2.75) is 26.4 Å². The molecule has 0 aromatic carbocycles. The van der Waals surface area contributed by atoms with E-state index < -0.39 is 12.1 Å². The fraction of sp³-hybridized carbons (Fsp3) is 0.455. The van der Waals surface area contributed by atoms with Gasteiger partial charge < -0.3 is 9.84 Å². The van der Waals surface area contributed by atoms with Gasteiger partial charge in [-0.05, 0) is 19.9 Å². The van der Waals surface area contributed by atoms with Gasteiger partial charge in [0.15, 0.2) is 0 Å². The Morgan fingerprint density at radius 3 is 3.00 bits per heavy atom. The molecule has 1 aromatic rings. The average Bonchev–Trinajstić information content (AvgIpc) is 2.18. The number of hydrogen-bond donors (Lipinski definition) is 1. The predicted molar refractivity (Wildman–Crippen MR) is 55.2 cm³/mol. The number of aryl methyl sites for hydroxylation is 1. The van der Waals surface area contributed by atoms with Gasteiger partial charge in [-0.25, -0.2) is 0 Å². The monoisotopic (exact) mass is 209 g/mol. The van der Waals surface area contributed by atoms with Crippen molar-refractivity contribution in [3.63, 3.8) is 0 Å². The zero-order valence-corrected chi connectivity index (χ0v) is 8.93. The van der Waals surface area contributed by atoms with Gasteiger partial charge in [-0.2, -0.15) is 0 Å². The summed E-state index contributed by atoms with van der Waals surface area (Å²) in [4.78, 5) is 15.2. The van der Waals surface area contributed by atoms with Crippen LogP contribution in [0, 0.1) is 6.92 Å². The van der Waals surface area contributed by atoms with E-state index in [-0.39, 0.29) is 6.42 Å². The largest absolute Gasteiger partial charge is 0.466 e. The lowest BCUT2D eigenvalue weighted by Crippen LogP contribution is -2.11. The number of rotatable bonds is 4. The molecule has 1 unspecified atom stereocenters. The quantitative estimate of drug-likeness (QED) is 0.761. The summed E-state index contributed by atoms with van der Waals surface area (Å²) in [6.07, 6.45) is 0.786. The molecular formula is C11H15NO3. The molecule has 4 nitrogen and oxygen atoms in total. The maximum atomic E-state index is 11.1. The van der Waals surface area contributed by atoms with Crippen molar-refractivity contribution < 1.29 is 14.6 Å². The summed E-state index contributed by atoms with van der Waals surface area (Å²) >= 11 is 0. The molecule has 0 saturated carbocycles. The normalized spacial score (nSPS) is 12.2. The van der Waals surface area contributed by atoms with Crippen LogP contribution >= 0.6 is 0 Å². The predicted octanol–water partition coefficient (Wildman–Crippen LogP) is 1.38. The van der Waals surface area contributed by atoms with Gasteiger partial charge >= 0.3 is 5.97 Å². The molecule has 15 heavy (non-hydrogen) atoms. The Morgan fingerprint density at radius 2 is 2.40 bits per heavy atom. The van der Waals surface area contributed by atoms with E-state index >= 15 is 0 Å². The van der Waals surface area contributed by atoms with Gasteiger partial charge in [0.05, 0.1) is 19.1 Å². The first-order chi connectivity index (χ1) is 7.15. The molecule has 0 fully saturated rings. The lowest BCUT2D eigenvalue weighted by Gasteiger charge is -2.11. The minimum Gasteiger partial charge on any atom is -0.466 e. The van der Waals surface area contributed by atoms with Crippen molar-refractivity contribution in [1.82, 2.24) is 4.98 Å². The number of carbonyl (C=O) groups is 1. The van der Waals surface area contributed by atoms with Crippen LogP contribution in [0.1, 0.15) is 30.7 Å². The molecule has 1 heterocycles. The third-order valence-corrected chi connectivity index (χ3v) is 2.07. The zero-order chi connectivity index (χ0) is 11.3. The maximum Gasteiger partial charge on any atom is 0.308 e. The van der Waals surface area contributed by atoms with Crippen LogP contribution in [0.4, 0.5) is 0 Å². The van der Waals surface area contributed by atoms with Gasteiger partial charge in [0.2, 0.25) is 0 Å². The molecule has 0 amide bonds. The summed E-state index contributed by atoms with van der Waals surface area (Å²) < 4.78 is 4.75. The molecule has 0 saturated heterocycles. The second-order valence-electron chi connectivity index (χ2n) is 3.20. The summed E-state index contributed by atoms with van der Waals surface area (Å²) in [6.45, 7) is 3.86. The molecule has 0 radical (unpaired) electrons. The Balaban J connectivity index is 2.65. The lowest BCUT2D eigenvalue weighted by atomic mass is 10.1. The first-order valence-corrected chi connectivity index (χ1v) is 4.90. The van der Waals surface area contributed by atoms with Crippen molar-refractivity contribution in [3.8, 4) is 0 Å². The lowest BCUT2D eigenvalue weighted by molar-refractivity contribution is -0.145. The van der Waals surface area contributed by atoms with Gasteiger partial charge in [-0.15, -0.1) is 0 Å². The van der Waals surface area contributed by atoms with E-state index in [1.165, 1.54) is 0 Å². The van der Waals surface area contributed by atoms with Crippen LogP contribution < -0.4 is 0 Å². The fourth-order valence-corrected chi connectivity index (χ4v) is 1.34. The van der Waals surface area contributed by atoms with Gasteiger partial charge in [0, 0.05) is 17.5 Å². The van der Waals surface area contributed by atoms with Crippen LogP contribution in [-0.4, -0.2) is 22.7 Å². The standard InChI is InChI=1S/C11H15NO3/c1-3-15-11(14)7-10(13)9-5-4-6-12-8(9)2/h4-6,10,13H,3,7H2,1-2H3. The number of pyridine rings is 1. The van der Waals surface area contributed by atoms with Crippen molar-refractivity contribution in [1.29, 1.82) is 0 Å². The summed E-state index contributed by atoms with van der Waals surface area (Å²) in [5, 5.41) is 9.76. The van der Waals surface area contributed by atoms with Crippen molar-refractivity contribution in [2.75, 3.05) is 6.61 Å². The zero-order valence-electron chi connectivity index (χ0n) is 8.93. The molecule has 4 heteroatoms. The van der Waals surface area contributed by atoms with Gasteiger partial charge in [-0.1, -0.05) is 6.07 Å². The highest BCUT2D eigenvalue weighted by atomic mass is 16.5. The second-order valence-corrected chi connectivity index (χ2v) is 3.20. The Labute approximate surface area is 88.9 Å². The van der Waals surface area contributed by atoms with Crippen molar-refractivity contribution in [3.05, 3.63) is 29.6 Å². The summed E-state index contributed by atoms with van der Waals surface area (Å²) in [5.74, 6) is -0.395. The Bertz CT molecular complexity index is 338. The number of carbonyl (C=O) groups excluding carboxylic acids is 1. The Morgan fingerprint density at radius 1 is 1.67 bits per heavy atom. The molecular weight excluding hydrogens is 194 g/mol. The van der Waals surface area contributed by atoms with Crippen LogP contribution in [0.2, 0.25) is 0 Å². The van der Waals surface area contributed by atoms with E-state index in [2.05, 4.69) is 4.98 Å². The third kappa shape index (κ3) is 3.32. The van der Waals surface area contributed by atoms with Crippen molar-refractivity contribution >= 4 is 5.97 Å². The maximum absolute atomic E-state index is 11.1. The number of ether oxygens (including phenoxy) is 1. The third-order valence-electron chi connectivity index (χ3n) is 2.07. The molecule has 1 N–H and O–H groups in total. The topological polar surface area (TPSA) is 59.4 Å². The molecule has 0 aliphatic rings. The average molecular weight is 209 g/mol. The molecule has 1 aromatic heterocycles. The molecule has 0 spiro atoms. The number of aliphatic hydroxyl groups excluding tert-OH is 1. The van der Waals surface area contributed by atoms with Gasteiger partial charge in [0.25, 0.3) is 0 Å². The molecule has 0 aliphatic heterocycles. The summed E-state index contributed by atoms with van der Waals surface area (Å²) in [7, 11) is 0. The first-order valence-electron chi connectivity index (χ1n) is 4.90. The first kappa shape index (κ1) is 11.7. The van der Waals surface area contributed by atoms with Crippen LogP contribution in [0.15, 0.2) is 18.3 Å². The summed E-state index contributed by atoms with van der Waals surface area (Å²) in [6, 6.07) is 3.49. The molecule has 0 aliphatic carbocycles. The minimum atomic E-state index is -0.835. The van der Waals surface area contributed by atoms with Crippen LogP contribution in [0.25, 0.3) is 0 Å². The molecule has 82 valence electrons. The van der Waals surface area contributed by atoms with Crippen LogP contribution in [0.5, 0.6) is 0 Å². The van der Waals surface area contributed by atoms with E-state index in [1.54, 1.807) is 32.2 Å². The number of hydrogen-bond acceptors (Lipinski definition) is 4. The smallest absolute Gasteiger partial charge is 0.308 e. The molecule has 1 rings (SSSR count). The van der Waals surface area contributed by atoms with E-state index in [4.69, 9.17) is 4.74 Å². The number of esters is 1. The Kier molecular flexibility index (Phi) is 4.24. The van der Waals surface area contributed by atoms with E-state index in [0.29, 0.717) is 12.2 Å². The van der Waals surface area contributed by atoms with E-state index in [0.717, 1.165) is 5.69 Å². The van der Waals surface area contributed by atoms with Gasteiger partial charge in [-0.3, -0.25) is 9.78 Å². The van der Waals surface area contributed by atoms with Crippen LogP contribution in [-0.2, 0) is 9.53 Å². The van der Waals surface area contributed by atoms with E-state index in [1.807, 2.05) is 0 Å². The van der Waals surface area contributed by atoms with Crippen molar-refractivity contribution in [2.24, 2.45) is 0 Å². The molecule has 1 atom stereocenters. The molecule has 0 bridgehead atoms. The van der Waals surface area contributed by atoms with Crippen LogP contribution in [0.3, 0.4) is 0 Å². The summed E-state index contributed by atoms with van der Waals surface area (Å²) in [5.41, 5.74) is 1.40. The highest BCUT2D eigenvalue weighted by Gasteiger charge is 2.15.